The van der Waals surface area contributed by atoms with E-state index >= 15 is 0 Å². The van der Waals surface area contributed by atoms with Gasteiger partial charge in [0.2, 0.25) is 21.8 Å². The highest BCUT2D eigenvalue weighted by atomic mass is 32.2. The number of para-hydroxylation sites is 1. The van der Waals surface area contributed by atoms with E-state index in [-0.39, 0.29) is 29.2 Å². The Morgan fingerprint density at radius 1 is 0.951 bits per heavy atom. The van der Waals surface area contributed by atoms with Gasteiger partial charge >= 0.3 is 0 Å². The van der Waals surface area contributed by atoms with Crippen molar-refractivity contribution in [3.05, 3.63) is 107 Å². The Hall–Kier alpha value is -3.75. The molecule has 3 aromatic rings. The molecule has 2 aliphatic rings. The summed E-state index contributed by atoms with van der Waals surface area (Å²) >= 11 is 0. The summed E-state index contributed by atoms with van der Waals surface area (Å²) in [6, 6.07) is 25.0. The molecule has 1 aliphatic carbocycles. The number of allylic oxidation sites excluding steroid dienone is 1. The van der Waals surface area contributed by atoms with E-state index in [0.29, 0.717) is 31.6 Å². The van der Waals surface area contributed by atoms with Gasteiger partial charge in [-0.15, -0.1) is 0 Å². The Bertz CT molecular complexity index is 1540. The fourth-order valence-electron chi connectivity index (χ4n) is 6.16. The molecule has 1 unspecified atom stereocenters. The van der Waals surface area contributed by atoms with Gasteiger partial charge in [0.1, 0.15) is 0 Å². The van der Waals surface area contributed by atoms with Crippen LogP contribution in [0.15, 0.2) is 101 Å². The maximum atomic E-state index is 14.2. The molecule has 1 fully saturated rings. The van der Waals surface area contributed by atoms with Crippen molar-refractivity contribution in [3.8, 4) is 0 Å². The van der Waals surface area contributed by atoms with Crippen LogP contribution in [0.5, 0.6) is 0 Å². The molecule has 3 atom stereocenters. The number of ether oxygens (including phenoxy) is 1. The van der Waals surface area contributed by atoms with Crippen LogP contribution >= 0.6 is 0 Å². The third kappa shape index (κ3) is 5.72. The molecule has 5 rings (SSSR count). The number of rotatable bonds is 7. The summed E-state index contributed by atoms with van der Waals surface area (Å²) < 4.78 is 35.9. The van der Waals surface area contributed by atoms with E-state index < -0.39 is 22.0 Å². The number of aryl methyl sites for hydroxylation is 1. The number of anilines is 1. The number of imide groups is 1. The van der Waals surface area contributed by atoms with Gasteiger partial charge in [0.05, 0.1) is 29.0 Å². The molecule has 1 heterocycles. The van der Waals surface area contributed by atoms with Gasteiger partial charge in [-0.05, 0) is 68.0 Å². The van der Waals surface area contributed by atoms with E-state index in [1.807, 2.05) is 50.2 Å². The molecule has 2 amide bonds. The van der Waals surface area contributed by atoms with E-state index in [4.69, 9.17) is 4.74 Å². The molecule has 0 N–H and O–H groups in total. The summed E-state index contributed by atoms with van der Waals surface area (Å²) in [7, 11) is -3.88. The highest BCUT2D eigenvalue weighted by molar-refractivity contribution is 7.89. The van der Waals surface area contributed by atoms with E-state index in [9.17, 15) is 18.0 Å². The first-order chi connectivity index (χ1) is 19.7. The first-order valence-corrected chi connectivity index (χ1v) is 15.5. The molecule has 0 saturated carbocycles. The van der Waals surface area contributed by atoms with Crippen molar-refractivity contribution in [3.63, 3.8) is 0 Å². The molecule has 8 heteroatoms. The lowest BCUT2D eigenvalue weighted by Crippen LogP contribution is -2.49. The summed E-state index contributed by atoms with van der Waals surface area (Å²) in [6.07, 6.45) is 1.42. The Morgan fingerprint density at radius 2 is 1.59 bits per heavy atom. The number of nitrogens with zero attached hydrogens (tertiary/aromatic N) is 2. The molecule has 1 saturated heterocycles. The Labute approximate surface area is 242 Å². The average molecular weight is 573 g/mol. The minimum absolute atomic E-state index is 0.116. The van der Waals surface area contributed by atoms with Crippen molar-refractivity contribution in [1.29, 1.82) is 0 Å². The van der Waals surface area contributed by atoms with Gasteiger partial charge in [0.25, 0.3) is 0 Å². The second kappa shape index (κ2) is 12.0. The summed E-state index contributed by atoms with van der Waals surface area (Å²) in [4.78, 5) is 28.4. The monoisotopic (exact) mass is 572 g/mol. The highest BCUT2D eigenvalue weighted by Crippen LogP contribution is 2.48. The topological polar surface area (TPSA) is 84.0 Å². The molecule has 0 radical (unpaired) electrons. The predicted octanol–water partition coefficient (Wildman–Crippen LogP) is 6.03. The first kappa shape index (κ1) is 28.8. The van der Waals surface area contributed by atoms with Gasteiger partial charge in [0.15, 0.2) is 0 Å². The predicted molar refractivity (Wildman–Crippen MR) is 158 cm³/mol. The number of benzene rings is 3. The van der Waals surface area contributed by atoms with Crippen molar-refractivity contribution in [2.24, 2.45) is 11.8 Å². The van der Waals surface area contributed by atoms with E-state index in [1.54, 1.807) is 52.8 Å². The molecule has 0 spiro atoms. The van der Waals surface area contributed by atoms with Crippen LogP contribution in [-0.2, 0) is 24.3 Å². The van der Waals surface area contributed by atoms with E-state index in [0.717, 1.165) is 22.5 Å². The lowest BCUT2D eigenvalue weighted by atomic mass is 9.71. The third-order valence-electron chi connectivity index (χ3n) is 8.12. The second-order valence-corrected chi connectivity index (χ2v) is 12.6. The summed E-state index contributed by atoms with van der Waals surface area (Å²) in [5.74, 6) is -0.622. The van der Waals surface area contributed by atoms with Gasteiger partial charge in [-0.3, -0.25) is 14.5 Å². The van der Waals surface area contributed by atoms with Crippen molar-refractivity contribution < 1.29 is 22.7 Å². The van der Waals surface area contributed by atoms with Crippen LogP contribution in [0.4, 0.5) is 5.69 Å². The molecular formula is C33H36N2O5S. The number of hydrogen-bond acceptors (Lipinski definition) is 5. The zero-order valence-electron chi connectivity index (χ0n) is 23.7. The normalized spacial score (nSPS) is 21.2. The van der Waals surface area contributed by atoms with Crippen LogP contribution < -0.4 is 4.90 Å². The number of hydrogen-bond donors (Lipinski definition) is 0. The van der Waals surface area contributed by atoms with Crippen LogP contribution in [0.25, 0.3) is 0 Å². The maximum absolute atomic E-state index is 14.2. The van der Waals surface area contributed by atoms with Crippen molar-refractivity contribution in [2.45, 2.75) is 51.0 Å². The third-order valence-corrected chi connectivity index (χ3v) is 9.99. The van der Waals surface area contributed by atoms with E-state index in [2.05, 4.69) is 0 Å². The van der Waals surface area contributed by atoms with Crippen molar-refractivity contribution in [1.82, 2.24) is 4.31 Å². The standard InChI is InChI=1S/C33H36N2O5S/c1-4-40-32-20-19-28(33(37)35(24(3)36)26-13-9-6-10-14-26)29-21-31(25-11-7-5-8-12-25)34(22-30(29)32)41(38,39)27-17-15-23(2)16-18-27/h5-18,28-29,31H,4,19-22H2,1-3H3/t28-,29?,31+/m1/s1. The zero-order chi connectivity index (χ0) is 29.1. The molecule has 1 aliphatic heterocycles. The van der Waals surface area contributed by atoms with Gasteiger partial charge in [0, 0.05) is 25.8 Å². The zero-order valence-corrected chi connectivity index (χ0v) is 24.5. The fourth-order valence-corrected chi connectivity index (χ4v) is 7.77. The minimum atomic E-state index is -3.88. The molecule has 0 aromatic heterocycles. The van der Waals surface area contributed by atoms with E-state index in [1.165, 1.54) is 11.8 Å². The molecule has 41 heavy (non-hydrogen) atoms. The molecule has 214 valence electrons. The Balaban J connectivity index is 1.59. The number of amides is 2. The van der Waals surface area contributed by atoms with Gasteiger partial charge in [-0.1, -0.05) is 66.2 Å². The maximum Gasteiger partial charge on any atom is 0.243 e. The largest absolute Gasteiger partial charge is 0.498 e. The number of sulfonamides is 1. The number of carbonyl (C=O) groups is 2. The lowest BCUT2D eigenvalue weighted by molar-refractivity contribution is -0.129. The summed E-state index contributed by atoms with van der Waals surface area (Å²) in [5, 5.41) is 0. The SMILES string of the molecule is CCOC1=C2CN(S(=O)(=O)c3ccc(C)cc3)[C@H](c3ccccc3)CC2[C@H](C(=O)N(C(C)=O)c2ccccc2)CC1. The fraction of sp³-hybridized carbons (Fsp3) is 0.333. The summed E-state index contributed by atoms with van der Waals surface area (Å²) in [5.41, 5.74) is 3.20. The van der Waals surface area contributed by atoms with Crippen LogP contribution in [-0.4, -0.2) is 37.7 Å². The van der Waals surface area contributed by atoms with Gasteiger partial charge in [-0.25, -0.2) is 8.42 Å². The summed E-state index contributed by atoms with van der Waals surface area (Å²) in [6.45, 7) is 5.79. The molecule has 3 aromatic carbocycles. The second-order valence-electron chi connectivity index (χ2n) is 10.7. The number of fused-ring (bicyclic) bond motifs is 1. The van der Waals surface area contributed by atoms with Gasteiger partial charge < -0.3 is 4.74 Å². The Kier molecular flexibility index (Phi) is 8.42. The van der Waals surface area contributed by atoms with Gasteiger partial charge in [-0.2, -0.15) is 4.31 Å². The minimum Gasteiger partial charge on any atom is -0.498 e. The number of carbonyl (C=O) groups excluding carboxylic acids is 2. The van der Waals surface area contributed by atoms with Crippen LogP contribution in [0.1, 0.15) is 50.3 Å². The molecular weight excluding hydrogens is 536 g/mol. The highest BCUT2D eigenvalue weighted by Gasteiger charge is 2.48. The van der Waals surface area contributed by atoms with Crippen LogP contribution in [0.2, 0.25) is 0 Å². The molecule has 7 nitrogen and oxygen atoms in total. The number of piperidine rings is 1. The smallest absolute Gasteiger partial charge is 0.243 e. The van der Waals surface area contributed by atoms with Crippen LogP contribution in [0.3, 0.4) is 0 Å². The first-order valence-electron chi connectivity index (χ1n) is 14.1. The Morgan fingerprint density at radius 3 is 2.20 bits per heavy atom. The van der Waals surface area contributed by atoms with Crippen LogP contribution in [0, 0.1) is 18.8 Å². The van der Waals surface area contributed by atoms with Crippen molar-refractivity contribution >= 4 is 27.5 Å². The average Bonchev–Trinajstić information content (AvgIpc) is 2.98. The van der Waals surface area contributed by atoms with Crippen molar-refractivity contribution in [2.75, 3.05) is 18.1 Å². The molecule has 0 bridgehead atoms. The lowest BCUT2D eigenvalue weighted by Gasteiger charge is -2.46. The quantitative estimate of drug-likeness (QED) is 0.345.